The SMILES string of the molecule is N=Cc1cc(/C(=C(\CCCl)c2ccc(F)cc2Cl)c2ccc(/C=C/C(=O)O)cc2)ccc1N. The normalized spacial score (nSPS) is 12.0. The Labute approximate surface area is 201 Å². The fourth-order valence-electron chi connectivity index (χ4n) is 3.52. The van der Waals surface area contributed by atoms with E-state index in [1.807, 2.05) is 24.3 Å². The number of carboxylic acids is 1. The highest BCUT2D eigenvalue weighted by Gasteiger charge is 2.17. The number of nitrogen functional groups attached to an aromatic ring is 1. The maximum Gasteiger partial charge on any atom is 0.328 e. The number of rotatable bonds is 8. The number of halogens is 3. The van der Waals surface area contributed by atoms with E-state index in [-0.39, 0.29) is 5.02 Å². The Hall–Kier alpha value is -3.41. The van der Waals surface area contributed by atoms with Gasteiger partial charge in [-0.3, -0.25) is 0 Å². The van der Waals surface area contributed by atoms with Gasteiger partial charge in [0.15, 0.2) is 0 Å². The van der Waals surface area contributed by atoms with E-state index in [4.69, 9.17) is 39.5 Å². The first kappa shape index (κ1) is 24.2. The summed E-state index contributed by atoms with van der Waals surface area (Å²) in [5.41, 5.74) is 11.6. The van der Waals surface area contributed by atoms with Gasteiger partial charge in [0.2, 0.25) is 0 Å². The van der Waals surface area contributed by atoms with Gasteiger partial charge in [-0.25, -0.2) is 9.18 Å². The van der Waals surface area contributed by atoms with Crippen molar-refractivity contribution in [3.63, 3.8) is 0 Å². The summed E-state index contributed by atoms with van der Waals surface area (Å²) in [4.78, 5) is 10.8. The molecule has 33 heavy (non-hydrogen) atoms. The molecule has 0 fully saturated rings. The number of nitrogens with two attached hydrogens (primary N) is 1. The minimum absolute atomic E-state index is 0.261. The zero-order chi connectivity index (χ0) is 24.0. The third kappa shape index (κ3) is 5.89. The number of carbonyl (C=O) groups is 1. The van der Waals surface area contributed by atoms with Gasteiger partial charge >= 0.3 is 5.97 Å². The largest absolute Gasteiger partial charge is 0.478 e. The molecule has 0 amide bonds. The summed E-state index contributed by atoms with van der Waals surface area (Å²) in [6, 6.07) is 16.9. The molecule has 3 aromatic carbocycles. The highest BCUT2D eigenvalue weighted by atomic mass is 35.5. The number of nitrogens with one attached hydrogen (secondary N) is 1. The van der Waals surface area contributed by atoms with Gasteiger partial charge in [0, 0.05) is 29.4 Å². The van der Waals surface area contributed by atoms with Crippen molar-refractivity contribution in [2.75, 3.05) is 11.6 Å². The average Bonchev–Trinajstić information content (AvgIpc) is 2.79. The second-order valence-corrected chi connectivity index (χ2v) is 7.98. The van der Waals surface area contributed by atoms with Gasteiger partial charge in [-0.2, -0.15) is 0 Å². The van der Waals surface area contributed by atoms with E-state index in [9.17, 15) is 9.18 Å². The van der Waals surface area contributed by atoms with Crippen molar-refractivity contribution in [3.05, 3.63) is 105 Å². The Morgan fingerprint density at radius 1 is 1.06 bits per heavy atom. The van der Waals surface area contributed by atoms with E-state index in [0.29, 0.717) is 29.1 Å². The summed E-state index contributed by atoms with van der Waals surface area (Å²) in [5, 5.41) is 16.8. The lowest BCUT2D eigenvalue weighted by Gasteiger charge is -2.19. The van der Waals surface area contributed by atoms with Crippen LogP contribution in [0.4, 0.5) is 10.1 Å². The van der Waals surface area contributed by atoms with Crippen LogP contribution in [0.5, 0.6) is 0 Å². The van der Waals surface area contributed by atoms with Crippen LogP contribution >= 0.6 is 23.2 Å². The maximum absolute atomic E-state index is 13.7. The van der Waals surface area contributed by atoms with Crippen LogP contribution in [-0.2, 0) is 4.79 Å². The molecular formula is C26H21Cl2FN2O2. The smallest absolute Gasteiger partial charge is 0.328 e. The summed E-state index contributed by atoms with van der Waals surface area (Å²) in [6.45, 7) is 0. The van der Waals surface area contributed by atoms with Crippen LogP contribution in [0, 0.1) is 11.2 Å². The molecule has 0 aliphatic heterocycles. The van der Waals surface area contributed by atoms with Crippen molar-refractivity contribution in [2.24, 2.45) is 0 Å². The molecule has 0 heterocycles. The molecule has 4 nitrogen and oxygen atoms in total. The Morgan fingerprint density at radius 3 is 2.36 bits per heavy atom. The highest BCUT2D eigenvalue weighted by Crippen LogP contribution is 2.38. The molecule has 3 rings (SSSR count). The van der Waals surface area contributed by atoms with Crippen LogP contribution in [0.1, 0.15) is 34.2 Å². The van der Waals surface area contributed by atoms with E-state index in [1.54, 1.807) is 24.3 Å². The molecule has 0 radical (unpaired) electrons. The number of allylic oxidation sites excluding steroid dienone is 1. The second kappa shape index (κ2) is 10.9. The standard InChI is InChI=1S/C26H21Cl2FN2O2/c27-12-11-22(21-8-7-20(29)14-23(21)28)26(18-6-9-24(31)19(13-18)15-30)17-4-1-16(2-5-17)3-10-25(32)33/h1-10,13-15,30H,11-12,31H2,(H,32,33)/b10-3+,26-22+,30-15?. The van der Waals surface area contributed by atoms with Crippen LogP contribution in [0.2, 0.25) is 5.02 Å². The van der Waals surface area contributed by atoms with Gasteiger partial charge in [-0.15, -0.1) is 11.6 Å². The number of aliphatic carboxylic acids is 1. The van der Waals surface area contributed by atoms with Crippen LogP contribution in [0.15, 0.2) is 66.7 Å². The lowest BCUT2D eigenvalue weighted by molar-refractivity contribution is -0.131. The molecule has 0 atom stereocenters. The van der Waals surface area contributed by atoms with E-state index < -0.39 is 11.8 Å². The van der Waals surface area contributed by atoms with Crippen molar-refractivity contribution >= 4 is 58.3 Å². The Kier molecular flexibility index (Phi) is 8.04. The highest BCUT2D eigenvalue weighted by molar-refractivity contribution is 6.33. The maximum atomic E-state index is 13.7. The van der Waals surface area contributed by atoms with Gasteiger partial charge in [-0.05, 0) is 70.2 Å². The molecule has 0 bridgehead atoms. The summed E-state index contributed by atoms with van der Waals surface area (Å²) < 4.78 is 13.7. The second-order valence-electron chi connectivity index (χ2n) is 7.20. The average molecular weight is 483 g/mol. The molecule has 0 aliphatic carbocycles. The van der Waals surface area contributed by atoms with Crippen LogP contribution in [0.3, 0.4) is 0 Å². The Balaban J connectivity index is 2.30. The third-order valence-electron chi connectivity index (χ3n) is 5.05. The first-order valence-electron chi connectivity index (χ1n) is 10.0. The third-order valence-corrected chi connectivity index (χ3v) is 5.55. The predicted octanol–water partition coefficient (Wildman–Crippen LogP) is 6.74. The van der Waals surface area contributed by atoms with E-state index in [0.717, 1.165) is 33.9 Å². The molecule has 3 aromatic rings. The molecule has 0 spiro atoms. The van der Waals surface area contributed by atoms with Crippen LogP contribution in [-0.4, -0.2) is 23.2 Å². The van der Waals surface area contributed by atoms with Crippen LogP contribution in [0.25, 0.3) is 17.2 Å². The Morgan fingerprint density at radius 2 is 1.76 bits per heavy atom. The number of carboxylic acid groups (broad SMARTS) is 1. The first-order valence-corrected chi connectivity index (χ1v) is 10.9. The number of benzene rings is 3. The fourth-order valence-corrected chi connectivity index (χ4v) is 3.99. The molecule has 0 aromatic heterocycles. The van der Waals surface area contributed by atoms with E-state index >= 15 is 0 Å². The van der Waals surface area contributed by atoms with E-state index in [1.165, 1.54) is 24.4 Å². The van der Waals surface area contributed by atoms with Crippen molar-refractivity contribution in [3.8, 4) is 0 Å². The summed E-state index contributed by atoms with van der Waals surface area (Å²) in [6.07, 6.45) is 4.21. The number of anilines is 1. The summed E-state index contributed by atoms with van der Waals surface area (Å²) >= 11 is 12.6. The molecular weight excluding hydrogens is 462 g/mol. The number of hydrogen-bond acceptors (Lipinski definition) is 3. The van der Waals surface area contributed by atoms with Crippen molar-refractivity contribution in [2.45, 2.75) is 6.42 Å². The van der Waals surface area contributed by atoms with Gasteiger partial charge in [0.25, 0.3) is 0 Å². The number of alkyl halides is 1. The molecule has 0 unspecified atom stereocenters. The lowest BCUT2D eigenvalue weighted by Crippen LogP contribution is -2.00. The summed E-state index contributed by atoms with van der Waals surface area (Å²) in [5.74, 6) is -1.17. The summed E-state index contributed by atoms with van der Waals surface area (Å²) in [7, 11) is 0. The molecule has 7 heteroatoms. The minimum atomic E-state index is -1.03. The lowest BCUT2D eigenvalue weighted by atomic mass is 9.87. The van der Waals surface area contributed by atoms with Crippen molar-refractivity contribution in [1.82, 2.24) is 0 Å². The van der Waals surface area contributed by atoms with Gasteiger partial charge < -0.3 is 16.2 Å². The van der Waals surface area contributed by atoms with Gasteiger partial charge in [0.05, 0.1) is 5.02 Å². The molecule has 0 saturated heterocycles. The van der Waals surface area contributed by atoms with E-state index in [2.05, 4.69) is 0 Å². The minimum Gasteiger partial charge on any atom is -0.478 e. The monoisotopic (exact) mass is 482 g/mol. The molecule has 4 N–H and O–H groups in total. The zero-order valence-corrected chi connectivity index (χ0v) is 19.0. The first-order chi connectivity index (χ1) is 15.8. The van der Waals surface area contributed by atoms with Crippen molar-refractivity contribution in [1.29, 1.82) is 5.41 Å². The topological polar surface area (TPSA) is 87.2 Å². The predicted molar refractivity (Wildman–Crippen MR) is 135 cm³/mol. The van der Waals surface area contributed by atoms with Gasteiger partial charge in [0.1, 0.15) is 5.82 Å². The molecule has 0 aliphatic rings. The Bertz CT molecular complexity index is 1250. The van der Waals surface area contributed by atoms with Crippen LogP contribution < -0.4 is 5.73 Å². The molecule has 168 valence electrons. The number of hydrogen-bond donors (Lipinski definition) is 3. The fraction of sp³-hybridized carbons (Fsp3) is 0.0769. The zero-order valence-electron chi connectivity index (χ0n) is 17.5. The molecule has 0 saturated carbocycles. The van der Waals surface area contributed by atoms with Crippen molar-refractivity contribution < 1.29 is 14.3 Å². The quantitative estimate of drug-likeness (QED) is 0.109. The van der Waals surface area contributed by atoms with Gasteiger partial charge in [-0.1, -0.05) is 48.0 Å².